The lowest BCUT2D eigenvalue weighted by atomic mass is 10.0. The fourth-order valence-electron chi connectivity index (χ4n) is 1.98. The first-order chi connectivity index (χ1) is 9.10. The molecule has 0 bridgehead atoms. The van der Waals surface area contributed by atoms with Gasteiger partial charge in [0, 0.05) is 22.8 Å². The third-order valence-electron chi connectivity index (χ3n) is 3.31. The van der Waals surface area contributed by atoms with Crippen molar-refractivity contribution in [2.75, 3.05) is 12.4 Å². The maximum absolute atomic E-state index is 5.26. The summed E-state index contributed by atoms with van der Waals surface area (Å²) in [6, 6.07) is 12.4. The number of ether oxygens (including phenoxy) is 1. The van der Waals surface area contributed by atoms with E-state index in [-0.39, 0.29) is 0 Å². The van der Waals surface area contributed by atoms with Gasteiger partial charge in [-0.15, -0.1) is 0 Å². The Morgan fingerprint density at radius 1 is 1.16 bits per heavy atom. The topological polar surface area (TPSA) is 21.3 Å². The van der Waals surface area contributed by atoms with Crippen LogP contribution in [0.15, 0.2) is 40.9 Å². The summed E-state index contributed by atoms with van der Waals surface area (Å²) in [4.78, 5) is 0. The van der Waals surface area contributed by atoms with Crippen LogP contribution in [0.3, 0.4) is 0 Å². The first kappa shape index (κ1) is 13.9. The highest BCUT2D eigenvalue weighted by atomic mass is 79.9. The van der Waals surface area contributed by atoms with Gasteiger partial charge in [-0.1, -0.05) is 34.1 Å². The average molecular weight is 320 g/mol. The van der Waals surface area contributed by atoms with Crippen molar-refractivity contribution in [2.45, 2.75) is 20.4 Å². The molecule has 0 heterocycles. The Balaban J connectivity index is 2.14. The quantitative estimate of drug-likeness (QED) is 0.883. The third kappa shape index (κ3) is 3.51. The van der Waals surface area contributed by atoms with Gasteiger partial charge >= 0.3 is 0 Å². The monoisotopic (exact) mass is 319 g/mol. The highest BCUT2D eigenvalue weighted by Crippen LogP contribution is 2.25. The van der Waals surface area contributed by atoms with Gasteiger partial charge < -0.3 is 10.1 Å². The van der Waals surface area contributed by atoms with E-state index in [4.69, 9.17) is 4.74 Å². The standard InChI is InChI=1S/C16H18BrNO/c1-11-5-4-6-13(12(11)2)10-18-15-7-14(17)8-16(9-15)19-3/h4-9,18H,10H2,1-3H3. The zero-order chi connectivity index (χ0) is 13.8. The molecule has 3 heteroatoms. The van der Waals surface area contributed by atoms with E-state index in [0.717, 1.165) is 22.5 Å². The summed E-state index contributed by atoms with van der Waals surface area (Å²) in [6.07, 6.45) is 0. The molecule has 0 spiro atoms. The lowest BCUT2D eigenvalue weighted by Crippen LogP contribution is -2.02. The van der Waals surface area contributed by atoms with Crippen molar-refractivity contribution < 1.29 is 4.74 Å². The molecule has 0 saturated carbocycles. The number of hydrogen-bond acceptors (Lipinski definition) is 2. The summed E-state index contributed by atoms with van der Waals surface area (Å²) in [5.41, 5.74) is 5.04. The number of anilines is 1. The van der Waals surface area contributed by atoms with E-state index >= 15 is 0 Å². The average Bonchev–Trinajstić information content (AvgIpc) is 2.40. The number of halogens is 1. The number of hydrogen-bond donors (Lipinski definition) is 1. The highest BCUT2D eigenvalue weighted by molar-refractivity contribution is 9.10. The van der Waals surface area contributed by atoms with Gasteiger partial charge in [0.1, 0.15) is 5.75 Å². The molecular formula is C16H18BrNO. The molecule has 0 fully saturated rings. The number of rotatable bonds is 4. The summed E-state index contributed by atoms with van der Waals surface area (Å²) >= 11 is 3.49. The van der Waals surface area contributed by atoms with Crippen molar-refractivity contribution in [1.29, 1.82) is 0 Å². The van der Waals surface area contributed by atoms with Crippen LogP contribution in [0.25, 0.3) is 0 Å². The second-order valence-electron chi connectivity index (χ2n) is 4.59. The number of benzene rings is 2. The summed E-state index contributed by atoms with van der Waals surface area (Å²) in [5.74, 6) is 0.845. The molecule has 0 aliphatic heterocycles. The molecule has 0 unspecified atom stereocenters. The normalized spacial score (nSPS) is 10.3. The van der Waals surface area contributed by atoms with Crippen LogP contribution >= 0.6 is 15.9 Å². The van der Waals surface area contributed by atoms with Gasteiger partial charge in [-0.25, -0.2) is 0 Å². The summed E-state index contributed by atoms with van der Waals surface area (Å²) in [5, 5.41) is 3.43. The molecule has 0 radical (unpaired) electrons. The third-order valence-corrected chi connectivity index (χ3v) is 3.76. The van der Waals surface area contributed by atoms with Crippen LogP contribution in [0.4, 0.5) is 5.69 Å². The molecule has 2 aromatic rings. The zero-order valence-corrected chi connectivity index (χ0v) is 13.0. The number of aryl methyl sites for hydroxylation is 1. The minimum Gasteiger partial charge on any atom is -0.497 e. The Morgan fingerprint density at radius 3 is 2.68 bits per heavy atom. The van der Waals surface area contributed by atoms with Crippen molar-refractivity contribution in [3.05, 3.63) is 57.6 Å². The zero-order valence-electron chi connectivity index (χ0n) is 11.5. The van der Waals surface area contributed by atoms with Crippen LogP contribution < -0.4 is 10.1 Å². The van der Waals surface area contributed by atoms with Gasteiger partial charge in [0.15, 0.2) is 0 Å². The van der Waals surface area contributed by atoms with Crippen LogP contribution in [-0.4, -0.2) is 7.11 Å². The second-order valence-corrected chi connectivity index (χ2v) is 5.51. The molecular weight excluding hydrogens is 302 g/mol. The van der Waals surface area contributed by atoms with Gasteiger partial charge in [0.05, 0.1) is 7.11 Å². The van der Waals surface area contributed by atoms with Crippen molar-refractivity contribution in [1.82, 2.24) is 0 Å². The van der Waals surface area contributed by atoms with E-state index in [1.54, 1.807) is 7.11 Å². The summed E-state index contributed by atoms with van der Waals surface area (Å²) < 4.78 is 6.27. The van der Waals surface area contributed by atoms with Crippen LogP contribution in [0, 0.1) is 13.8 Å². The van der Waals surface area contributed by atoms with Crippen LogP contribution in [-0.2, 0) is 6.54 Å². The first-order valence-corrected chi connectivity index (χ1v) is 7.03. The van der Waals surface area contributed by atoms with Crippen molar-refractivity contribution in [3.63, 3.8) is 0 Å². The minimum absolute atomic E-state index is 0.813. The van der Waals surface area contributed by atoms with E-state index in [1.165, 1.54) is 16.7 Å². The molecule has 19 heavy (non-hydrogen) atoms. The lowest BCUT2D eigenvalue weighted by molar-refractivity contribution is 0.414. The Morgan fingerprint density at radius 2 is 1.95 bits per heavy atom. The summed E-state index contributed by atoms with van der Waals surface area (Å²) in [7, 11) is 1.68. The molecule has 2 rings (SSSR count). The molecule has 0 aliphatic carbocycles. The fraction of sp³-hybridized carbons (Fsp3) is 0.250. The smallest absolute Gasteiger partial charge is 0.122 e. The maximum atomic E-state index is 5.26. The first-order valence-electron chi connectivity index (χ1n) is 6.23. The highest BCUT2D eigenvalue weighted by Gasteiger charge is 2.02. The molecule has 2 aromatic carbocycles. The SMILES string of the molecule is COc1cc(Br)cc(NCc2cccc(C)c2C)c1. The van der Waals surface area contributed by atoms with E-state index in [9.17, 15) is 0 Å². The lowest BCUT2D eigenvalue weighted by Gasteiger charge is -2.12. The van der Waals surface area contributed by atoms with Gasteiger partial charge in [-0.3, -0.25) is 0 Å². The molecule has 2 nitrogen and oxygen atoms in total. The van der Waals surface area contributed by atoms with Gasteiger partial charge in [-0.05, 0) is 42.7 Å². The van der Waals surface area contributed by atoms with Crippen LogP contribution in [0.1, 0.15) is 16.7 Å². The molecule has 0 atom stereocenters. The van der Waals surface area contributed by atoms with E-state index < -0.39 is 0 Å². The number of nitrogens with one attached hydrogen (secondary N) is 1. The Labute approximate surface area is 122 Å². The Hall–Kier alpha value is -1.48. The Kier molecular flexibility index (Phi) is 4.48. The van der Waals surface area contributed by atoms with Crippen molar-refractivity contribution >= 4 is 21.6 Å². The van der Waals surface area contributed by atoms with Crippen LogP contribution in [0.2, 0.25) is 0 Å². The van der Waals surface area contributed by atoms with E-state index in [1.807, 2.05) is 18.2 Å². The molecule has 0 amide bonds. The minimum atomic E-state index is 0.813. The number of methoxy groups -OCH3 is 1. The predicted molar refractivity (Wildman–Crippen MR) is 83.9 cm³/mol. The van der Waals surface area contributed by atoms with Gasteiger partial charge in [0.2, 0.25) is 0 Å². The van der Waals surface area contributed by atoms with E-state index in [2.05, 4.69) is 53.3 Å². The van der Waals surface area contributed by atoms with E-state index in [0.29, 0.717) is 0 Å². The van der Waals surface area contributed by atoms with Gasteiger partial charge in [-0.2, -0.15) is 0 Å². The molecule has 0 aliphatic rings. The largest absolute Gasteiger partial charge is 0.497 e. The van der Waals surface area contributed by atoms with Crippen molar-refractivity contribution in [3.8, 4) is 5.75 Å². The predicted octanol–water partition coefficient (Wildman–Crippen LogP) is 4.69. The Bertz CT molecular complexity index is 581. The van der Waals surface area contributed by atoms with Crippen molar-refractivity contribution in [2.24, 2.45) is 0 Å². The second kappa shape index (κ2) is 6.11. The van der Waals surface area contributed by atoms with Gasteiger partial charge in [0.25, 0.3) is 0 Å². The fourth-order valence-corrected chi connectivity index (χ4v) is 2.46. The molecule has 1 N–H and O–H groups in total. The molecule has 0 aromatic heterocycles. The van der Waals surface area contributed by atoms with Crippen LogP contribution in [0.5, 0.6) is 5.75 Å². The maximum Gasteiger partial charge on any atom is 0.122 e. The summed E-state index contributed by atoms with van der Waals surface area (Å²) in [6.45, 7) is 5.11. The molecule has 0 saturated heterocycles. The molecule has 100 valence electrons.